The van der Waals surface area contributed by atoms with E-state index in [1.807, 2.05) is 12.1 Å². The fourth-order valence-corrected chi connectivity index (χ4v) is 4.90. The number of methoxy groups -OCH3 is 2. The van der Waals surface area contributed by atoms with Crippen LogP contribution in [0, 0.1) is 0 Å². The molecule has 168 valence electrons. The molecule has 1 saturated heterocycles. The molecule has 1 aliphatic heterocycles. The van der Waals surface area contributed by atoms with Crippen LogP contribution in [0.4, 0.5) is 0 Å². The van der Waals surface area contributed by atoms with Gasteiger partial charge in [0.15, 0.2) is 0 Å². The molecule has 0 aliphatic carbocycles. The standard InChI is InChI=1S/C23H30N2O5S/c1-24(17-18-8-10-19(29-2)11-9-18)31(27,28)20-12-13-22(30-3)21(16-20)23(26)25-14-6-4-5-7-15-25/h8-13,16H,4-7,14-15,17H2,1-3H3. The number of likely N-dealkylation sites (tertiary alicyclic amines) is 1. The molecule has 1 aliphatic rings. The average Bonchev–Trinajstić information content (AvgIpc) is 3.08. The molecule has 0 atom stereocenters. The Morgan fingerprint density at radius 1 is 0.968 bits per heavy atom. The third-order valence-corrected chi connectivity index (χ3v) is 7.37. The molecule has 0 unspecified atom stereocenters. The first-order chi connectivity index (χ1) is 14.9. The van der Waals surface area contributed by atoms with Gasteiger partial charge in [-0.3, -0.25) is 4.79 Å². The molecule has 0 radical (unpaired) electrons. The predicted octanol–water partition coefficient (Wildman–Crippen LogP) is 3.54. The third-order valence-electron chi connectivity index (χ3n) is 5.57. The summed E-state index contributed by atoms with van der Waals surface area (Å²) in [7, 11) is 0.800. The second-order valence-corrected chi connectivity index (χ2v) is 9.72. The number of rotatable bonds is 7. The van der Waals surface area contributed by atoms with E-state index < -0.39 is 10.0 Å². The Morgan fingerprint density at radius 3 is 2.19 bits per heavy atom. The minimum Gasteiger partial charge on any atom is -0.497 e. The van der Waals surface area contributed by atoms with Gasteiger partial charge in [0, 0.05) is 26.7 Å². The summed E-state index contributed by atoms with van der Waals surface area (Å²) in [5, 5.41) is 0. The van der Waals surface area contributed by atoms with E-state index in [0.29, 0.717) is 24.6 Å². The van der Waals surface area contributed by atoms with Gasteiger partial charge in [0.2, 0.25) is 10.0 Å². The van der Waals surface area contributed by atoms with Crippen LogP contribution in [-0.2, 0) is 16.6 Å². The Balaban J connectivity index is 1.86. The van der Waals surface area contributed by atoms with Crippen LogP contribution >= 0.6 is 0 Å². The van der Waals surface area contributed by atoms with Gasteiger partial charge < -0.3 is 14.4 Å². The highest BCUT2D eigenvalue weighted by Gasteiger charge is 2.26. The van der Waals surface area contributed by atoms with Gasteiger partial charge in [-0.15, -0.1) is 0 Å². The van der Waals surface area contributed by atoms with Crippen molar-refractivity contribution in [2.45, 2.75) is 37.1 Å². The number of hydrogen-bond donors (Lipinski definition) is 0. The zero-order valence-electron chi connectivity index (χ0n) is 18.3. The normalized spacial score (nSPS) is 14.9. The molecule has 7 nitrogen and oxygen atoms in total. The highest BCUT2D eigenvalue weighted by Crippen LogP contribution is 2.27. The molecule has 0 saturated carbocycles. The quantitative estimate of drug-likeness (QED) is 0.650. The van der Waals surface area contributed by atoms with Gasteiger partial charge in [-0.2, -0.15) is 4.31 Å². The van der Waals surface area contributed by atoms with Crippen molar-refractivity contribution >= 4 is 15.9 Å². The Bertz CT molecular complexity index is 997. The highest BCUT2D eigenvalue weighted by atomic mass is 32.2. The third kappa shape index (κ3) is 5.37. The minimum absolute atomic E-state index is 0.0717. The molecule has 2 aromatic carbocycles. The van der Waals surface area contributed by atoms with Gasteiger partial charge in [0.25, 0.3) is 5.91 Å². The lowest BCUT2D eigenvalue weighted by Crippen LogP contribution is -2.32. The maximum atomic E-state index is 13.2. The lowest BCUT2D eigenvalue weighted by Gasteiger charge is -2.23. The average molecular weight is 447 g/mol. The van der Waals surface area contributed by atoms with E-state index in [-0.39, 0.29) is 22.9 Å². The molecular weight excluding hydrogens is 416 g/mol. The summed E-state index contributed by atoms with van der Waals surface area (Å²) in [4.78, 5) is 15.0. The van der Waals surface area contributed by atoms with E-state index in [4.69, 9.17) is 9.47 Å². The lowest BCUT2D eigenvalue weighted by molar-refractivity contribution is 0.0758. The van der Waals surface area contributed by atoms with Crippen molar-refractivity contribution in [3.8, 4) is 11.5 Å². The van der Waals surface area contributed by atoms with E-state index in [1.54, 1.807) is 30.2 Å². The number of carbonyl (C=O) groups excluding carboxylic acids is 1. The minimum atomic E-state index is -3.80. The van der Waals surface area contributed by atoms with Crippen LogP contribution in [0.1, 0.15) is 41.6 Å². The Hall–Kier alpha value is -2.58. The zero-order valence-corrected chi connectivity index (χ0v) is 19.2. The van der Waals surface area contributed by atoms with E-state index in [9.17, 15) is 13.2 Å². The van der Waals surface area contributed by atoms with Gasteiger partial charge in [-0.1, -0.05) is 25.0 Å². The van der Waals surface area contributed by atoms with Crippen molar-refractivity contribution in [2.24, 2.45) is 0 Å². The molecule has 31 heavy (non-hydrogen) atoms. The fourth-order valence-electron chi connectivity index (χ4n) is 3.71. The van der Waals surface area contributed by atoms with Crippen LogP contribution < -0.4 is 9.47 Å². The first-order valence-corrected chi connectivity index (χ1v) is 11.9. The van der Waals surface area contributed by atoms with E-state index in [0.717, 1.165) is 31.2 Å². The molecule has 1 heterocycles. The van der Waals surface area contributed by atoms with E-state index in [1.165, 1.54) is 30.6 Å². The first kappa shape index (κ1) is 23.1. The summed E-state index contributed by atoms with van der Waals surface area (Å²) in [6.07, 6.45) is 4.12. The topological polar surface area (TPSA) is 76.1 Å². The summed E-state index contributed by atoms with van der Waals surface area (Å²) in [5.74, 6) is 0.903. The zero-order chi connectivity index (χ0) is 22.4. The van der Waals surface area contributed by atoms with Gasteiger partial charge in [-0.05, 0) is 48.7 Å². The SMILES string of the molecule is COc1ccc(CN(C)S(=O)(=O)c2ccc(OC)c(C(=O)N3CCCCCC3)c2)cc1. The molecular formula is C23H30N2O5S. The van der Waals surface area contributed by atoms with Crippen molar-refractivity contribution in [1.82, 2.24) is 9.21 Å². The molecule has 0 aromatic heterocycles. The molecule has 3 rings (SSSR count). The molecule has 0 N–H and O–H groups in total. The van der Waals surface area contributed by atoms with Gasteiger partial charge >= 0.3 is 0 Å². The monoisotopic (exact) mass is 446 g/mol. The molecule has 0 bridgehead atoms. The molecule has 1 amide bonds. The van der Waals surface area contributed by atoms with Crippen LogP contribution in [0.15, 0.2) is 47.4 Å². The molecule has 0 spiro atoms. The van der Waals surface area contributed by atoms with Crippen LogP contribution in [0.2, 0.25) is 0 Å². The second kappa shape index (κ2) is 10.2. The lowest BCUT2D eigenvalue weighted by atomic mass is 10.1. The van der Waals surface area contributed by atoms with Crippen molar-refractivity contribution in [1.29, 1.82) is 0 Å². The summed E-state index contributed by atoms with van der Waals surface area (Å²) in [6, 6.07) is 11.7. The summed E-state index contributed by atoms with van der Waals surface area (Å²) >= 11 is 0. The number of benzene rings is 2. The van der Waals surface area contributed by atoms with Gasteiger partial charge in [-0.25, -0.2) is 8.42 Å². The number of ether oxygens (including phenoxy) is 2. The Kier molecular flexibility index (Phi) is 7.56. The first-order valence-electron chi connectivity index (χ1n) is 10.4. The summed E-state index contributed by atoms with van der Waals surface area (Å²) < 4.78 is 38.2. The van der Waals surface area contributed by atoms with Crippen molar-refractivity contribution < 1.29 is 22.7 Å². The number of carbonyl (C=O) groups is 1. The van der Waals surface area contributed by atoms with Crippen LogP contribution in [0.25, 0.3) is 0 Å². The van der Waals surface area contributed by atoms with E-state index in [2.05, 4.69) is 0 Å². The van der Waals surface area contributed by atoms with Crippen LogP contribution in [0.5, 0.6) is 11.5 Å². The van der Waals surface area contributed by atoms with E-state index >= 15 is 0 Å². The summed E-state index contributed by atoms with van der Waals surface area (Å²) in [5.41, 5.74) is 1.12. The maximum Gasteiger partial charge on any atom is 0.257 e. The van der Waals surface area contributed by atoms with Crippen molar-refractivity contribution in [2.75, 3.05) is 34.4 Å². The van der Waals surface area contributed by atoms with Crippen LogP contribution in [0.3, 0.4) is 0 Å². The maximum absolute atomic E-state index is 13.2. The molecule has 1 fully saturated rings. The van der Waals surface area contributed by atoms with Gasteiger partial charge in [0.05, 0.1) is 24.7 Å². The molecule has 2 aromatic rings. The number of nitrogens with zero attached hydrogens (tertiary/aromatic N) is 2. The fraction of sp³-hybridized carbons (Fsp3) is 0.435. The van der Waals surface area contributed by atoms with Crippen molar-refractivity contribution in [3.63, 3.8) is 0 Å². The van der Waals surface area contributed by atoms with Crippen LogP contribution in [-0.4, -0.2) is 57.9 Å². The highest BCUT2D eigenvalue weighted by molar-refractivity contribution is 7.89. The molecule has 8 heteroatoms. The smallest absolute Gasteiger partial charge is 0.257 e. The Morgan fingerprint density at radius 2 is 1.61 bits per heavy atom. The predicted molar refractivity (Wildman–Crippen MR) is 119 cm³/mol. The number of sulfonamides is 1. The van der Waals surface area contributed by atoms with Gasteiger partial charge in [0.1, 0.15) is 11.5 Å². The Labute approximate surface area is 184 Å². The summed E-state index contributed by atoms with van der Waals surface area (Å²) in [6.45, 7) is 1.56. The van der Waals surface area contributed by atoms with Crippen molar-refractivity contribution in [3.05, 3.63) is 53.6 Å². The number of hydrogen-bond acceptors (Lipinski definition) is 5. The number of amides is 1. The largest absolute Gasteiger partial charge is 0.497 e. The second-order valence-electron chi connectivity index (χ2n) is 7.68.